The molecule has 0 spiro atoms. The maximum absolute atomic E-state index is 14.0. The Hall–Kier alpha value is -4.00. The van der Waals surface area contributed by atoms with Crippen LogP contribution in [-0.2, 0) is 35.5 Å². The minimum atomic E-state index is -1.31. The van der Waals surface area contributed by atoms with Gasteiger partial charge in [0.05, 0.1) is 43.1 Å². The number of thiazole rings is 1. The third kappa shape index (κ3) is 11.8. The average molecular weight is 715 g/mol. The van der Waals surface area contributed by atoms with Crippen LogP contribution in [-0.4, -0.2) is 92.3 Å². The fourth-order valence-electron chi connectivity index (χ4n) is 6.23. The van der Waals surface area contributed by atoms with Crippen LogP contribution in [0.4, 0.5) is 0 Å². The molecule has 11 heteroatoms. The van der Waals surface area contributed by atoms with E-state index in [1.165, 1.54) is 11.3 Å². The molecule has 0 fully saturated rings. The number of likely N-dealkylation sites (N-methyl/N-ethyl adjacent to an activating group) is 2. The topological polar surface area (TPSA) is 131 Å². The predicted octanol–water partition coefficient (Wildman–Crippen LogP) is 4.33. The Balaban J connectivity index is 1.62. The zero-order valence-corrected chi connectivity index (χ0v) is 31.4. The molecule has 2 aromatic carbocycles. The fraction of sp³-hybridized carbons (Fsp3) is 0.450. The maximum Gasteiger partial charge on any atom is 0.240 e. The zero-order chi connectivity index (χ0) is 36.9. The van der Waals surface area contributed by atoms with Crippen molar-refractivity contribution in [3.8, 4) is 0 Å². The number of amides is 2. The second-order valence-corrected chi connectivity index (χ2v) is 15.0. The van der Waals surface area contributed by atoms with Gasteiger partial charge >= 0.3 is 0 Å². The number of nitrogens with zero attached hydrogens (tertiary/aromatic N) is 4. The number of rotatable bonds is 19. The molecule has 0 saturated carbocycles. The van der Waals surface area contributed by atoms with E-state index in [2.05, 4.69) is 20.6 Å². The summed E-state index contributed by atoms with van der Waals surface area (Å²) in [6.07, 6.45) is 1.54. The zero-order valence-electron chi connectivity index (χ0n) is 30.6. The highest BCUT2D eigenvalue weighted by Crippen LogP contribution is 2.20. The average Bonchev–Trinajstić information content (AvgIpc) is 3.64. The van der Waals surface area contributed by atoms with E-state index in [0.717, 1.165) is 21.8 Å². The van der Waals surface area contributed by atoms with Crippen LogP contribution < -0.4 is 10.6 Å². The molecule has 4 rings (SSSR count). The summed E-state index contributed by atoms with van der Waals surface area (Å²) in [5.74, 6) is -0.501. The fourth-order valence-corrected chi connectivity index (χ4v) is 6.90. The molecule has 51 heavy (non-hydrogen) atoms. The van der Waals surface area contributed by atoms with Gasteiger partial charge < -0.3 is 20.0 Å². The van der Waals surface area contributed by atoms with Crippen LogP contribution in [0.5, 0.6) is 0 Å². The van der Waals surface area contributed by atoms with Gasteiger partial charge in [-0.3, -0.25) is 25.2 Å². The molecule has 0 aliphatic rings. The summed E-state index contributed by atoms with van der Waals surface area (Å²) in [7, 11) is 3.51. The van der Waals surface area contributed by atoms with Gasteiger partial charge in [0, 0.05) is 44.0 Å². The first-order valence-corrected chi connectivity index (χ1v) is 18.6. The number of carbonyl (C=O) groups excluding carboxylic acids is 2. The maximum atomic E-state index is 14.0. The lowest BCUT2D eigenvalue weighted by atomic mass is 9.88. The highest BCUT2D eigenvalue weighted by atomic mass is 32.1. The molecule has 0 saturated heterocycles. The lowest BCUT2D eigenvalue weighted by molar-refractivity contribution is -0.136. The minimum Gasteiger partial charge on any atom is -0.389 e. The first kappa shape index (κ1) is 39.8. The van der Waals surface area contributed by atoms with E-state index in [1.54, 1.807) is 36.3 Å². The number of aromatic nitrogens is 2. The Morgan fingerprint density at radius 2 is 1.14 bits per heavy atom. The van der Waals surface area contributed by atoms with Crippen molar-refractivity contribution in [3.63, 3.8) is 0 Å². The van der Waals surface area contributed by atoms with E-state index in [0.29, 0.717) is 25.9 Å². The summed E-state index contributed by atoms with van der Waals surface area (Å²) < 4.78 is 0. The highest BCUT2D eigenvalue weighted by molar-refractivity contribution is 7.09. The van der Waals surface area contributed by atoms with Crippen molar-refractivity contribution >= 4 is 23.2 Å². The van der Waals surface area contributed by atoms with E-state index in [9.17, 15) is 19.8 Å². The van der Waals surface area contributed by atoms with Crippen LogP contribution in [0.3, 0.4) is 0 Å². The van der Waals surface area contributed by atoms with E-state index < -0.39 is 36.4 Å². The highest BCUT2D eigenvalue weighted by Gasteiger charge is 2.38. The van der Waals surface area contributed by atoms with E-state index >= 15 is 0 Å². The first-order valence-electron chi connectivity index (χ1n) is 17.7. The number of hydrogen-bond acceptors (Lipinski definition) is 9. The minimum absolute atomic E-state index is 0.116. The molecule has 10 nitrogen and oxygen atoms in total. The van der Waals surface area contributed by atoms with E-state index in [4.69, 9.17) is 0 Å². The second kappa shape index (κ2) is 19.6. The molecular formula is C40H54N6O4S. The molecule has 0 aliphatic carbocycles. The summed E-state index contributed by atoms with van der Waals surface area (Å²) in [6, 6.07) is 22.4. The van der Waals surface area contributed by atoms with Crippen molar-refractivity contribution in [3.05, 3.63) is 118 Å². The van der Waals surface area contributed by atoms with Gasteiger partial charge in [0.2, 0.25) is 11.8 Å². The van der Waals surface area contributed by atoms with E-state index in [-0.39, 0.29) is 23.7 Å². The third-order valence-corrected chi connectivity index (χ3v) is 9.92. The summed E-state index contributed by atoms with van der Waals surface area (Å²) >= 11 is 1.49. The number of aliphatic hydroxyl groups excluding tert-OH is 2. The smallest absolute Gasteiger partial charge is 0.240 e. The van der Waals surface area contributed by atoms with Crippen molar-refractivity contribution in [2.24, 2.45) is 11.8 Å². The first-order chi connectivity index (χ1) is 24.4. The van der Waals surface area contributed by atoms with Gasteiger partial charge in [-0.2, -0.15) is 0 Å². The van der Waals surface area contributed by atoms with Gasteiger partial charge in [-0.05, 0) is 47.9 Å². The molecular weight excluding hydrogens is 661 g/mol. The number of aliphatic hydroxyl groups is 2. The van der Waals surface area contributed by atoms with Gasteiger partial charge in [-0.1, -0.05) is 94.4 Å². The molecule has 2 aromatic heterocycles. The van der Waals surface area contributed by atoms with Crippen molar-refractivity contribution in [2.75, 3.05) is 14.1 Å². The molecule has 0 radical (unpaired) electrons. The van der Waals surface area contributed by atoms with Gasteiger partial charge in [-0.25, -0.2) is 4.98 Å². The van der Waals surface area contributed by atoms with Crippen LogP contribution in [0.1, 0.15) is 49.5 Å². The normalized spacial score (nSPS) is 15.2. The number of benzene rings is 2. The van der Waals surface area contributed by atoms with Crippen LogP contribution in [0, 0.1) is 11.8 Å². The molecule has 2 heterocycles. The number of pyridine rings is 1. The van der Waals surface area contributed by atoms with Crippen LogP contribution in [0.25, 0.3) is 0 Å². The standard InChI is InChI=1S/C40H54N6O4S/c1-27(2)35(39(49)45(5)25-31-19-13-14-20-41-31)43-32(23-29-15-9-7-10-16-29)37(47)38(48)33(24-30-17-11-8-12-18-30)44-36(28(3)4)40(50)46(6)26-34-42-21-22-51-34/h7-22,27-28,32-33,35-38,43-44,47-48H,23-26H2,1-6H3/t32-,33-,35-,36-,37-,38-/m0/s1. The molecule has 2 amide bonds. The SMILES string of the molecule is CC(C)[C@H](N[C@@H](Cc1ccccc1)[C@H](O)[C@@H](O)[C@H](Cc1ccccc1)N[C@H](C(=O)N(C)Cc1nccs1)C(C)C)C(=O)N(C)Cc1ccccn1. The van der Waals surface area contributed by atoms with Gasteiger partial charge in [-0.15, -0.1) is 11.3 Å². The third-order valence-electron chi connectivity index (χ3n) is 9.16. The summed E-state index contributed by atoms with van der Waals surface area (Å²) in [4.78, 5) is 39.9. The number of nitrogens with one attached hydrogen (secondary N) is 2. The number of carbonyl (C=O) groups is 2. The Labute approximate surface area is 307 Å². The summed E-state index contributed by atoms with van der Waals surface area (Å²) in [5.41, 5.74) is 2.67. The molecule has 4 N–H and O–H groups in total. The molecule has 6 atom stereocenters. The van der Waals surface area contributed by atoms with Gasteiger partial charge in [0.15, 0.2) is 0 Å². The van der Waals surface area contributed by atoms with Crippen LogP contribution in [0.2, 0.25) is 0 Å². The Kier molecular flexibility index (Phi) is 15.3. The summed E-state index contributed by atoms with van der Waals surface area (Å²) in [6.45, 7) is 8.58. The molecule has 274 valence electrons. The molecule has 4 aromatic rings. The Morgan fingerprint density at radius 1 is 0.667 bits per heavy atom. The van der Waals surface area contributed by atoms with Crippen LogP contribution >= 0.6 is 11.3 Å². The monoisotopic (exact) mass is 714 g/mol. The molecule has 0 aliphatic heterocycles. The molecule has 0 unspecified atom stereocenters. The summed E-state index contributed by atoms with van der Waals surface area (Å²) in [5, 5.41) is 34.0. The lowest BCUT2D eigenvalue weighted by Crippen LogP contribution is -2.62. The Morgan fingerprint density at radius 3 is 1.55 bits per heavy atom. The quantitative estimate of drug-likeness (QED) is 0.113. The lowest BCUT2D eigenvalue weighted by Gasteiger charge is -2.38. The second-order valence-electron chi connectivity index (χ2n) is 14.0. The van der Waals surface area contributed by atoms with Crippen LogP contribution in [0.15, 0.2) is 96.6 Å². The van der Waals surface area contributed by atoms with E-state index in [1.807, 2.05) is 112 Å². The predicted molar refractivity (Wildman–Crippen MR) is 203 cm³/mol. The Bertz CT molecular complexity index is 1590. The van der Waals surface area contributed by atoms with Gasteiger partial charge in [0.25, 0.3) is 0 Å². The van der Waals surface area contributed by atoms with Crippen molar-refractivity contribution in [2.45, 2.75) is 90.0 Å². The largest absolute Gasteiger partial charge is 0.389 e. The van der Waals surface area contributed by atoms with Gasteiger partial charge in [0.1, 0.15) is 5.01 Å². The number of hydrogen-bond donors (Lipinski definition) is 4. The van der Waals surface area contributed by atoms with Crippen molar-refractivity contribution in [1.82, 2.24) is 30.4 Å². The molecule has 0 bridgehead atoms. The van der Waals surface area contributed by atoms with Crippen molar-refractivity contribution < 1.29 is 19.8 Å². The van der Waals surface area contributed by atoms with Crippen molar-refractivity contribution in [1.29, 1.82) is 0 Å².